The van der Waals surface area contributed by atoms with E-state index in [0.717, 1.165) is 10.4 Å². The van der Waals surface area contributed by atoms with Crippen molar-refractivity contribution in [2.45, 2.75) is 39.5 Å². The summed E-state index contributed by atoms with van der Waals surface area (Å²) in [6.07, 6.45) is 5.37. The van der Waals surface area contributed by atoms with E-state index in [4.69, 9.17) is 0 Å². The van der Waals surface area contributed by atoms with E-state index in [-0.39, 0.29) is 0 Å². The Kier molecular flexibility index (Phi) is 4.09. The van der Waals surface area contributed by atoms with E-state index in [1.807, 2.05) is 0 Å². The number of rotatable bonds is 2. The monoisotopic (exact) mass is 292 g/mol. The van der Waals surface area contributed by atoms with E-state index in [1.165, 1.54) is 42.4 Å². The van der Waals surface area contributed by atoms with Crippen LogP contribution in [-0.2, 0) is 0 Å². The largest absolute Gasteiger partial charge is 0.0949 e. The third kappa shape index (κ3) is 3.01. The highest BCUT2D eigenvalue weighted by molar-refractivity contribution is 9.10. The summed E-state index contributed by atoms with van der Waals surface area (Å²) >= 11 is 3.56. The summed E-state index contributed by atoms with van der Waals surface area (Å²) in [6, 6.07) is 6.50. The summed E-state index contributed by atoms with van der Waals surface area (Å²) in [6.45, 7) is 8.91. The fourth-order valence-corrected chi connectivity index (χ4v) is 3.27. The molecule has 0 N–H and O–H groups in total. The Morgan fingerprint density at radius 3 is 2.82 bits per heavy atom. The van der Waals surface area contributed by atoms with Gasteiger partial charge in [-0.2, -0.15) is 0 Å². The lowest BCUT2D eigenvalue weighted by Gasteiger charge is -2.29. The molecule has 1 aromatic carbocycles. The fraction of sp³-hybridized carbons (Fsp3) is 0.500. The van der Waals surface area contributed by atoms with Crippen LogP contribution in [0.15, 0.2) is 29.3 Å². The molecule has 1 saturated carbocycles. The van der Waals surface area contributed by atoms with E-state index < -0.39 is 0 Å². The minimum atomic E-state index is 0.687. The Hall–Kier alpha value is -0.560. The van der Waals surface area contributed by atoms with Crippen LogP contribution in [0.2, 0.25) is 0 Å². The summed E-state index contributed by atoms with van der Waals surface area (Å²) in [5, 5.41) is 0. The summed E-state index contributed by atoms with van der Waals surface area (Å²) in [5.74, 6) is 1.55. The topological polar surface area (TPSA) is 0 Å². The molecule has 2 rings (SSSR count). The van der Waals surface area contributed by atoms with Crippen LogP contribution >= 0.6 is 15.9 Å². The summed E-state index contributed by atoms with van der Waals surface area (Å²) < 4.78 is 1.16. The van der Waals surface area contributed by atoms with Crippen LogP contribution in [0, 0.1) is 18.8 Å². The molecular weight excluding hydrogens is 272 g/mol. The summed E-state index contributed by atoms with van der Waals surface area (Å²) in [4.78, 5) is 0. The first-order valence-electron chi connectivity index (χ1n) is 6.53. The summed E-state index contributed by atoms with van der Waals surface area (Å²) in [5.41, 5.74) is 4.03. The molecule has 17 heavy (non-hydrogen) atoms. The third-order valence-electron chi connectivity index (χ3n) is 3.97. The second-order valence-electron chi connectivity index (χ2n) is 5.45. The molecule has 1 heteroatoms. The van der Waals surface area contributed by atoms with Gasteiger partial charge >= 0.3 is 0 Å². The van der Waals surface area contributed by atoms with Crippen molar-refractivity contribution in [3.05, 3.63) is 40.4 Å². The predicted octanol–water partition coefficient (Wildman–Crippen LogP) is 5.60. The molecule has 2 atom stereocenters. The molecule has 0 nitrogen and oxygen atoms in total. The normalized spacial score (nSPS) is 24.6. The lowest BCUT2D eigenvalue weighted by molar-refractivity contribution is 0.333. The first-order valence-corrected chi connectivity index (χ1v) is 7.32. The molecule has 0 saturated heterocycles. The van der Waals surface area contributed by atoms with Crippen LogP contribution in [0.5, 0.6) is 0 Å². The molecule has 1 aliphatic rings. The van der Waals surface area contributed by atoms with Crippen LogP contribution in [0.3, 0.4) is 0 Å². The molecule has 1 aromatic rings. The average molecular weight is 293 g/mol. The molecule has 2 unspecified atom stereocenters. The number of hydrogen-bond acceptors (Lipinski definition) is 0. The van der Waals surface area contributed by atoms with Crippen molar-refractivity contribution in [2.24, 2.45) is 11.8 Å². The molecule has 92 valence electrons. The maximum Gasteiger partial charge on any atom is 0.0181 e. The fourth-order valence-electron chi connectivity index (χ4n) is 2.91. The average Bonchev–Trinajstić information content (AvgIpc) is 2.31. The highest BCUT2D eigenvalue weighted by Gasteiger charge is 2.22. The van der Waals surface area contributed by atoms with E-state index in [2.05, 4.69) is 54.6 Å². The zero-order valence-corrected chi connectivity index (χ0v) is 12.4. The van der Waals surface area contributed by atoms with Gasteiger partial charge in [-0.25, -0.2) is 0 Å². The minimum Gasteiger partial charge on any atom is -0.0949 e. The van der Waals surface area contributed by atoms with Crippen LogP contribution in [-0.4, -0.2) is 0 Å². The van der Waals surface area contributed by atoms with E-state index in [9.17, 15) is 0 Å². The van der Waals surface area contributed by atoms with Crippen molar-refractivity contribution < 1.29 is 0 Å². The number of allylic oxidation sites excluding steroid dienone is 1. The van der Waals surface area contributed by atoms with Crippen molar-refractivity contribution >= 4 is 21.5 Å². The highest BCUT2D eigenvalue weighted by Crippen LogP contribution is 2.38. The molecule has 0 bridgehead atoms. The van der Waals surface area contributed by atoms with Crippen LogP contribution in [0.25, 0.3) is 5.57 Å². The Morgan fingerprint density at radius 2 is 2.12 bits per heavy atom. The van der Waals surface area contributed by atoms with Crippen molar-refractivity contribution in [2.75, 3.05) is 0 Å². The molecule has 0 spiro atoms. The van der Waals surface area contributed by atoms with Crippen LogP contribution in [0.1, 0.15) is 43.7 Å². The van der Waals surface area contributed by atoms with E-state index in [0.29, 0.717) is 5.92 Å². The van der Waals surface area contributed by atoms with Crippen LogP contribution in [0.4, 0.5) is 0 Å². The molecule has 0 heterocycles. The number of halogens is 1. The molecule has 0 amide bonds. The van der Waals surface area contributed by atoms with Gasteiger partial charge in [0.15, 0.2) is 0 Å². The molecule has 0 aliphatic heterocycles. The van der Waals surface area contributed by atoms with Gasteiger partial charge in [0.1, 0.15) is 0 Å². The van der Waals surface area contributed by atoms with Crippen LogP contribution < -0.4 is 0 Å². The Balaban J connectivity index is 2.21. The third-order valence-corrected chi connectivity index (χ3v) is 4.47. The quantitative estimate of drug-likeness (QED) is 0.666. The Labute approximate surface area is 113 Å². The van der Waals surface area contributed by atoms with Gasteiger partial charge in [0.2, 0.25) is 0 Å². The minimum absolute atomic E-state index is 0.687. The standard InChI is InChI=1S/C16H21Br/c1-11-5-4-6-14(9-11)13(3)16-10-15(17)8-7-12(16)2/h7-8,10-11,14H,3-6,9H2,1-2H3. The van der Waals surface area contributed by atoms with Crippen molar-refractivity contribution in [1.82, 2.24) is 0 Å². The Bertz CT molecular complexity index is 420. The number of hydrogen-bond donors (Lipinski definition) is 0. The van der Waals surface area contributed by atoms with Gasteiger partial charge in [0.05, 0.1) is 0 Å². The molecule has 1 fully saturated rings. The SMILES string of the molecule is C=C(c1cc(Br)ccc1C)C1CCCC(C)C1. The first-order chi connectivity index (χ1) is 8.08. The molecule has 0 aromatic heterocycles. The molecular formula is C16H21Br. The zero-order valence-electron chi connectivity index (χ0n) is 10.8. The predicted molar refractivity (Wildman–Crippen MR) is 79.0 cm³/mol. The first kappa shape index (κ1) is 12.9. The lowest BCUT2D eigenvalue weighted by atomic mass is 9.76. The van der Waals surface area contributed by atoms with Crippen molar-refractivity contribution in [1.29, 1.82) is 0 Å². The van der Waals surface area contributed by atoms with E-state index >= 15 is 0 Å². The zero-order chi connectivity index (χ0) is 12.4. The lowest BCUT2D eigenvalue weighted by Crippen LogP contribution is -2.14. The van der Waals surface area contributed by atoms with Crippen molar-refractivity contribution in [3.63, 3.8) is 0 Å². The van der Waals surface area contributed by atoms with Gasteiger partial charge in [0, 0.05) is 4.47 Å². The van der Waals surface area contributed by atoms with Gasteiger partial charge in [-0.3, -0.25) is 0 Å². The van der Waals surface area contributed by atoms with Gasteiger partial charge < -0.3 is 0 Å². The molecule has 0 radical (unpaired) electrons. The maximum atomic E-state index is 4.36. The van der Waals surface area contributed by atoms with Gasteiger partial charge in [0.25, 0.3) is 0 Å². The highest BCUT2D eigenvalue weighted by atomic mass is 79.9. The van der Waals surface area contributed by atoms with Gasteiger partial charge in [-0.15, -0.1) is 0 Å². The van der Waals surface area contributed by atoms with Gasteiger partial charge in [-0.1, -0.05) is 48.3 Å². The second kappa shape index (κ2) is 5.39. The summed E-state index contributed by atoms with van der Waals surface area (Å²) in [7, 11) is 0. The molecule has 1 aliphatic carbocycles. The van der Waals surface area contributed by atoms with E-state index in [1.54, 1.807) is 0 Å². The Morgan fingerprint density at radius 1 is 1.35 bits per heavy atom. The maximum absolute atomic E-state index is 4.36. The number of benzene rings is 1. The second-order valence-corrected chi connectivity index (χ2v) is 6.37. The van der Waals surface area contributed by atoms with Gasteiger partial charge in [-0.05, 0) is 60.4 Å². The smallest absolute Gasteiger partial charge is 0.0181 e. The van der Waals surface area contributed by atoms with Crippen molar-refractivity contribution in [3.8, 4) is 0 Å². The number of aryl methyl sites for hydroxylation is 1.